The fourth-order valence-electron chi connectivity index (χ4n) is 1.99. The summed E-state index contributed by atoms with van der Waals surface area (Å²) in [5.74, 6) is 2.55. The normalized spacial score (nSPS) is 20.6. The van der Waals surface area contributed by atoms with Crippen LogP contribution in [-0.2, 0) is 13.1 Å². The molecule has 1 aromatic heterocycles. The van der Waals surface area contributed by atoms with Crippen molar-refractivity contribution in [1.29, 1.82) is 0 Å². The maximum atomic E-state index is 5.59. The maximum Gasteiger partial charge on any atom is 0.0547 e. The van der Waals surface area contributed by atoms with Crippen LogP contribution in [0.15, 0.2) is 18.2 Å². The second-order valence-corrected chi connectivity index (χ2v) is 5.41. The van der Waals surface area contributed by atoms with E-state index >= 15 is 0 Å². The Labute approximate surface area is 101 Å². The quantitative estimate of drug-likeness (QED) is 0.861. The van der Waals surface area contributed by atoms with Crippen molar-refractivity contribution in [3.63, 3.8) is 0 Å². The highest BCUT2D eigenvalue weighted by molar-refractivity contribution is 7.99. The van der Waals surface area contributed by atoms with Gasteiger partial charge < -0.3 is 5.73 Å². The molecule has 2 rings (SSSR count). The van der Waals surface area contributed by atoms with Crippen LogP contribution in [0.2, 0.25) is 0 Å². The minimum Gasteiger partial charge on any atom is -0.325 e. The Hall–Kier alpha value is -0.580. The third kappa shape index (κ3) is 2.97. The van der Waals surface area contributed by atoms with Gasteiger partial charge in [0.1, 0.15) is 0 Å². The molecule has 2 N–H and O–H groups in total. The number of aromatic nitrogens is 1. The summed E-state index contributed by atoms with van der Waals surface area (Å²) in [6.07, 6.45) is 1.30. The van der Waals surface area contributed by atoms with Crippen molar-refractivity contribution in [1.82, 2.24) is 9.88 Å². The monoisotopic (exact) mass is 237 g/mol. The lowest BCUT2D eigenvalue weighted by atomic mass is 10.2. The molecule has 1 aromatic rings. The van der Waals surface area contributed by atoms with Crippen LogP contribution in [0.5, 0.6) is 0 Å². The molecule has 3 nitrogen and oxygen atoms in total. The van der Waals surface area contributed by atoms with Crippen LogP contribution in [0.4, 0.5) is 0 Å². The van der Waals surface area contributed by atoms with E-state index in [1.807, 2.05) is 23.9 Å². The third-order valence-electron chi connectivity index (χ3n) is 3.01. The van der Waals surface area contributed by atoms with Gasteiger partial charge in [0.15, 0.2) is 0 Å². The molecule has 1 saturated heterocycles. The zero-order valence-corrected chi connectivity index (χ0v) is 10.5. The molecule has 1 fully saturated rings. The number of nitrogens with zero attached hydrogens (tertiary/aromatic N) is 2. The van der Waals surface area contributed by atoms with Crippen LogP contribution in [0.1, 0.15) is 17.8 Å². The van der Waals surface area contributed by atoms with Crippen LogP contribution in [0, 0.1) is 0 Å². The molecule has 0 aliphatic carbocycles. The molecular formula is C12H19N3S. The summed E-state index contributed by atoms with van der Waals surface area (Å²) >= 11 is 2.05. The first kappa shape index (κ1) is 11.9. The summed E-state index contributed by atoms with van der Waals surface area (Å²) in [5, 5.41) is 0. The van der Waals surface area contributed by atoms with Crippen LogP contribution in [-0.4, -0.2) is 34.5 Å². The predicted molar refractivity (Wildman–Crippen MR) is 69.3 cm³/mol. The lowest BCUT2D eigenvalue weighted by molar-refractivity contribution is 0.251. The van der Waals surface area contributed by atoms with E-state index in [1.54, 1.807) is 0 Å². The van der Waals surface area contributed by atoms with E-state index in [4.69, 9.17) is 5.73 Å². The fourth-order valence-corrected chi connectivity index (χ4v) is 3.28. The van der Waals surface area contributed by atoms with Crippen molar-refractivity contribution in [3.05, 3.63) is 29.6 Å². The van der Waals surface area contributed by atoms with Crippen molar-refractivity contribution in [2.24, 2.45) is 5.73 Å². The Morgan fingerprint density at radius 3 is 3.00 bits per heavy atom. The molecule has 0 amide bonds. The zero-order chi connectivity index (χ0) is 11.4. The fraction of sp³-hybridized carbons (Fsp3) is 0.583. The molecule has 4 heteroatoms. The SMILES string of the molecule is CN(Cc1cccc(CN)n1)C1CCSC1. The van der Waals surface area contributed by atoms with Crippen LogP contribution >= 0.6 is 11.8 Å². The Balaban J connectivity index is 1.96. The van der Waals surface area contributed by atoms with Gasteiger partial charge in [-0.25, -0.2) is 0 Å². The first-order valence-corrected chi connectivity index (χ1v) is 6.88. The van der Waals surface area contributed by atoms with Crippen molar-refractivity contribution in [2.75, 3.05) is 18.6 Å². The van der Waals surface area contributed by atoms with E-state index in [2.05, 4.69) is 23.0 Å². The first-order valence-electron chi connectivity index (χ1n) is 5.72. The number of nitrogens with two attached hydrogens (primary N) is 1. The lowest BCUT2D eigenvalue weighted by Crippen LogP contribution is -2.31. The van der Waals surface area contributed by atoms with E-state index < -0.39 is 0 Å². The lowest BCUT2D eigenvalue weighted by Gasteiger charge is -2.23. The van der Waals surface area contributed by atoms with Gasteiger partial charge in [-0.1, -0.05) is 6.07 Å². The summed E-state index contributed by atoms with van der Waals surface area (Å²) in [7, 11) is 2.19. The third-order valence-corrected chi connectivity index (χ3v) is 4.16. The molecule has 1 aliphatic heterocycles. The number of hydrogen-bond acceptors (Lipinski definition) is 4. The second kappa shape index (κ2) is 5.66. The van der Waals surface area contributed by atoms with Gasteiger partial charge in [-0.2, -0.15) is 11.8 Å². The number of thioether (sulfide) groups is 1. The topological polar surface area (TPSA) is 42.1 Å². The molecule has 16 heavy (non-hydrogen) atoms. The minimum absolute atomic E-state index is 0.525. The van der Waals surface area contributed by atoms with Crippen molar-refractivity contribution in [3.8, 4) is 0 Å². The average Bonchev–Trinajstić information content (AvgIpc) is 2.83. The molecule has 0 saturated carbocycles. The van der Waals surface area contributed by atoms with Crippen LogP contribution in [0.25, 0.3) is 0 Å². The largest absolute Gasteiger partial charge is 0.325 e. The molecule has 88 valence electrons. The Bertz CT molecular complexity index is 337. The summed E-state index contributed by atoms with van der Waals surface area (Å²) in [6, 6.07) is 6.82. The number of pyridine rings is 1. The molecule has 2 heterocycles. The van der Waals surface area contributed by atoms with Crippen LogP contribution < -0.4 is 5.73 Å². The highest BCUT2D eigenvalue weighted by Crippen LogP contribution is 2.22. The van der Waals surface area contributed by atoms with Gasteiger partial charge in [-0.3, -0.25) is 9.88 Å². The molecule has 1 aliphatic rings. The van der Waals surface area contributed by atoms with Crippen molar-refractivity contribution < 1.29 is 0 Å². The Morgan fingerprint density at radius 1 is 1.50 bits per heavy atom. The van der Waals surface area contributed by atoms with E-state index in [0.29, 0.717) is 12.6 Å². The molecular weight excluding hydrogens is 218 g/mol. The van der Waals surface area contributed by atoms with Gasteiger partial charge in [0.05, 0.1) is 11.4 Å². The highest BCUT2D eigenvalue weighted by Gasteiger charge is 2.20. The average molecular weight is 237 g/mol. The summed E-state index contributed by atoms with van der Waals surface area (Å²) in [4.78, 5) is 6.93. The standard InChI is InChI=1S/C12H19N3S/c1-15(12-5-6-16-9-12)8-11-4-2-3-10(7-13)14-11/h2-4,12H,5-9,13H2,1H3. The van der Waals surface area contributed by atoms with E-state index in [9.17, 15) is 0 Å². The molecule has 0 aromatic carbocycles. The highest BCUT2D eigenvalue weighted by atomic mass is 32.2. The molecule has 1 atom stereocenters. The molecule has 0 bridgehead atoms. The van der Waals surface area contributed by atoms with Crippen molar-refractivity contribution in [2.45, 2.75) is 25.6 Å². The Morgan fingerprint density at radius 2 is 2.31 bits per heavy atom. The van der Waals surface area contributed by atoms with Gasteiger partial charge in [0.2, 0.25) is 0 Å². The predicted octanol–water partition coefficient (Wildman–Crippen LogP) is 1.48. The van der Waals surface area contributed by atoms with E-state index in [0.717, 1.165) is 17.9 Å². The molecule has 0 radical (unpaired) electrons. The summed E-state index contributed by atoms with van der Waals surface area (Å²) < 4.78 is 0. The van der Waals surface area contributed by atoms with E-state index in [1.165, 1.54) is 17.9 Å². The van der Waals surface area contributed by atoms with Gasteiger partial charge in [0, 0.05) is 24.9 Å². The van der Waals surface area contributed by atoms with Crippen molar-refractivity contribution >= 4 is 11.8 Å². The molecule has 1 unspecified atom stereocenters. The minimum atomic E-state index is 0.525. The maximum absolute atomic E-state index is 5.59. The zero-order valence-electron chi connectivity index (χ0n) is 9.72. The smallest absolute Gasteiger partial charge is 0.0547 e. The Kier molecular flexibility index (Phi) is 4.21. The van der Waals surface area contributed by atoms with Gasteiger partial charge in [-0.15, -0.1) is 0 Å². The number of hydrogen-bond donors (Lipinski definition) is 1. The van der Waals surface area contributed by atoms with E-state index in [-0.39, 0.29) is 0 Å². The first-order chi connectivity index (χ1) is 7.79. The van der Waals surface area contributed by atoms with Gasteiger partial charge in [0.25, 0.3) is 0 Å². The van der Waals surface area contributed by atoms with Crippen LogP contribution in [0.3, 0.4) is 0 Å². The summed E-state index contributed by atoms with van der Waals surface area (Å²) in [6.45, 7) is 1.45. The molecule has 0 spiro atoms. The number of rotatable bonds is 4. The van der Waals surface area contributed by atoms with Gasteiger partial charge >= 0.3 is 0 Å². The second-order valence-electron chi connectivity index (χ2n) is 4.26. The summed E-state index contributed by atoms with van der Waals surface area (Å²) in [5.41, 5.74) is 7.70. The van der Waals surface area contributed by atoms with Gasteiger partial charge in [-0.05, 0) is 31.4 Å².